The van der Waals surface area contributed by atoms with Crippen LogP contribution < -0.4 is 5.32 Å². The molecule has 0 aromatic heterocycles. The lowest BCUT2D eigenvalue weighted by molar-refractivity contribution is -0.122. The molecule has 3 rings (SSSR count). The molecule has 2 unspecified atom stereocenters. The van der Waals surface area contributed by atoms with Gasteiger partial charge in [-0.3, -0.25) is 4.79 Å². The summed E-state index contributed by atoms with van der Waals surface area (Å²) in [7, 11) is 0. The summed E-state index contributed by atoms with van der Waals surface area (Å²) in [5, 5.41) is 11.8. The number of hydrogen-bond donors (Lipinski definition) is 2. The lowest BCUT2D eigenvalue weighted by Gasteiger charge is -2.05. The first-order valence-corrected chi connectivity index (χ1v) is 7.25. The molecule has 4 nitrogen and oxygen atoms in total. The zero-order valence-corrected chi connectivity index (χ0v) is 11.3. The fraction of sp³-hybridized carbons (Fsp3) is 0.500. The summed E-state index contributed by atoms with van der Waals surface area (Å²) in [5.41, 5.74) is 1.34. The van der Waals surface area contributed by atoms with Gasteiger partial charge in [0.1, 0.15) is 0 Å². The summed E-state index contributed by atoms with van der Waals surface area (Å²) in [5.74, 6) is 1.03. The highest BCUT2D eigenvalue weighted by Gasteiger charge is 2.50. The Balaban J connectivity index is 1.41. The van der Waals surface area contributed by atoms with Gasteiger partial charge in [0.15, 0.2) is 0 Å². The Morgan fingerprint density at radius 3 is 2.50 bits per heavy atom. The number of hydrogen-bond acceptors (Lipinski definition) is 2. The molecule has 20 heavy (non-hydrogen) atoms. The predicted molar refractivity (Wildman–Crippen MR) is 74.4 cm³/mol. The number of nitrogens with one attached hydrogen (secondary N) is 1. The van der Waals surface area contributed by atoms with Crippen LogP contribution in [-0.2, 0) is 11.2 Å². The minimum absolute atomic E-state index is 0.198. The van der Waals surface area contributed by atoms with E-state index in [0.717, 1.165) is 24.3 Å². The highest BCUT2D eigenvalue weighted by Crippen LogP contribution is 2.54. The molecule has 4 heteroatoms. The van der Waals surface area contributed by atoms with E-state index in [1.54, 1.807) is 24.3 Å². The zero-order chi connectivity index (χ0) is 14.1. The average molecular weight is 273 g/mol. The number of carboxylic acids is 1. The first kappa shape index (κ1) is 13.2. The smallest absolute Gasteiger partial charge is 0.335 e. The van der Waals surface area contributed by atoms with Gasteiger partial charge in [-0.1, -0.05) is 12.1 Å². The minimum Gasteiger partial charge on any atom is -0.478 e. The van der Waals surface area contributed by atoms with Crippen LogP contribution in [0.5, 0.6) is 0 Å². The third-order valence-electron chi connectivity index (χ3n) is 4.32. The molecule has 1 aromatic rings. The topological polar surface area (TPSA) is 66.4 Å². The minimum atomic E-state index is -0.912. The van der Waals surface area contributed by atoms with Crippen molar-refractivity contribution in [3.63, 3.8) is 0 Å². The summed E-state index contributed by atoms with van der Waals surface area (Å²) in [4.78, 5) is 22.6. The molecule has 2 saturated carbocycles. The van der Waals surface area contributed by atoms with Crippen LogP contribution in [0.25, 0.3) is 0 Å². The summed E-state index contributed by atoms with van der Waals surface area (Å²) in [6, 6.07) is 6.81. The molecular formula is C16H19NO3. The predicted octanol–water partition coefficient (Wildman–Crippen LogP) is 2.09. The number of amides is 1. The largest absolute Gasteiger partial charge is 0.478 e. The molecule has 1 aromatic carbocycles. The molecule has 0 saturated heterocycles. The second-order valence-electron chi connectivity index (χ2n) is 5.89. The molecule has 0 heterocycles. The maximum absolute atomic E-state index is 11.9. The fourth-order valence-corrected chi connectivity index (χ4v) is 2.84. The Hall–Kier alpha value is -1.84. The lowest BCUT2D eigenvalue weighted by atomic mass is 10.1. The van der Waals surface area contributed by atoms with Gasteiger partial charge in [-0.15, -0.1) is 0 Å². The molecule has 2 aliphatic rings. The summed E-state index contributed by atoms with van der Waals surface area (Å²) in [6.45, 7) is 0.624. The Morgan fingerprint density at radius 1 is 1.20 bits per heavy atom. The van der Waals surface area contributed by atoms with Gasteiger partial charge in [-0.2, -0.15) is 0 Å². The van der Waals surface area contributed by atoms with Gasteiger partial charge in [0, 0.05) is 12.5 Å². The number of carbonyl (C=O) groups excluding carboxylic acids is 1. The number of carboxylic acid groups (broad SMARTS) is 1. The molecule has 1 amide bonds. The highest BCUT2D eigenvalue weighted by atomic mass is 16.4. The lowest BCUT2D eigenvalue weighted by Crippen LogP contribution is -2.27. The second kappa shape index (κ2) is 5.27. The molecule has 2 N–H and O–H groups in total. The van der Waals surface area contributed by atoms with Crippen molar-refractivity contribution < 1.29 is 14.7 Å². The Kier molecular flexibility index (Phi) is 3.47. The third kappa shape index (κ3) is 3.00. The van der Waals surface area contributed by atoms with Crippen LogP contribution in [0, 0.1) is 17.8 Å². The first-order chi connectivity index (χ1) is 9.65. The first-order valence-electron chi connectivity index (χ1n) is 7.25. The van der Waals surface area contributed by atoms with Crippen LogP contribution in [-0.4, -0.2) is 23.5 Å². The molecule has 2 aliphatic carbocycles. The van der Waals surface area contributed by atoms with Crippen LogP contribution in [0.4, 0.5) is 0 Å². The summed E-state index contributed by atoms with van der Waals surface area (Å²) in [6.07, 6.45) is 4.44. The van der Waals surface area contributed by atoms with E-state index >= 15 is 0 Å². The van der Waals surface area contributed by atoms with Crippen LogP contribution in [0.1, 0.15) is 35.2 Å². The maximum Gasteiger partial charge on any atom is 0.335 e. The Labute approximate surface area is 118 Å². The van der Waals surface area contributed by atoms with Crippen molar-refractivity contribution in [3.8, 4) is 0 Å². The third-order valence-corrected chi connectivity index (χ3v) is 4.32. The van der Waals surface area contributed by atoms with E-state index in [0.29, 0.717) is 18.0 Å². The van der Waals surface area contributed by atoms with Crippen molar-refractivity contribution >= 4 is 11.9 Å². The summed E-state index contributed by atoms with van der Waals surface area (Å²) >= 11 is 0. The Bertz CT molecular complexity index is 519. The zero-order valence-electron chi connectivity index (χ0n) is 11.3. The van der Waals surface area contributed by atoms with Crippen LogP contribution in [0.15, 0.2) is 24.3 Å². The van der Waals surface area contributed by atoms with Gasteiger partial charge in [-0.05, 0) is 55.2 Å². The molecule has 0 bridgehead atoms. The van der Waals surface area contributed by atoms with E-state index in [2.05, 4.69) is 5.32 Å². The number of rotatable bonds is 6. The van der Waals surface area contributed by atoms with E-state index in [1.165, 1.54) is 12.8 Å². The van der Waals surface area contributed by atoms with Crippen LogP contribution in [0.2, 0.25) is 0 Å². The number of benzene rings is 1. The second-order valence-corrected chi connectivity index (χ2v) is 5.89. The van der Waals surface area contributed by atoms with Crippen LogP contribution >= 0.6 is 0 Å². The molecule has 0 spiro atoms. The van der Waals surface area contributed by atoms with Crippen molar-refractivity contribution in [2.45, 2.75) is 25.7 Å². The summed E-state index contributed by atoms with van der Waals surface area (Å²) < 4.78 is 0. The van der Waals surface area contributed by atoms with Gasteiger partial charge < -0.3 is 10.4 Å². The van der Waals surface area contributed by atoms with Gasteiger partial charge >= 0.3 is 5.97 Å². The fourth-order valence-electron chi connectivity index (χ4n) is 2.84. The number of carbonyl (C=O) groups is 2. The number of aromatic carboxylic acids is 1. The molecule has 2 atom stereocenters. The van der Waals surface area contributed by atoms with E-state index < -0.39 is 5.97 Å². The standard InChI is InChI=1S/C16H19NO3/c18-15(14-9-13(14)11-5-6-11)17-8-7-10-1-3-12(4-2-10)16(19)20/h1-4,11,13-14H,5-9H2,(H,17,18)(H,19,20). The van der Waals surface area contributed by atoms with Gasteiger partial charge in [0.05, 0.1) is 5.56 Å². The van der Waals surface area contributed by atoms with E-state index in [9.17, 15) is 9.59 Å². The molecule has 0 radical (unpaired) electrons. The Morgan fingerprint density at radius 2 is 1.90 bits per heavy atom. The van der Waals surface area contributed by atoms with Crippen molar-refractivity contribution in [1.82, 2.24) is 5.32 Å². The van der Waals surface area contributed by atoms with Crippen molar-refractivity contribution in [1.29, 1.82) is 0 Å². The van der Waals surface area contributed by atoms with E-state index in [1.807, 2.05) is 0 Å². The average Bonchev–Trinajstić information content (AvgIpc) is 3.28. The van der Waals surface area contributed by atoms with Crippen molar-refractivity contribution in [2.24, 2.45) is 17.8 Å². The molecule has 106 valence electrons. The maximum atomic E-state index is 11.9. The van der Waals surface area contributed by atoms with Crippen LogP contribution in [0.3, 0.4) is 0 Å². The normalized spacial score (nSPS) is 24.2. The van der Waals surface area contributed by atoms with Gasteiger partial charge in [-0.25, -0.2) is 4.79 Å². The monoisotopic (exact) mass is 273 g/mol. The van der Waals surface area contributed by atoms with E-state index in [-0.39, 0.29) is 11.8 Å². The highest BCUT2D eigenvalue weighted by molar-refractivity contribution is 5.87. The quantitative estimate of drug-likeness (QED) is 0.834. The van der Waals surface area contributed by atoms with Gasteiger partial charge in [0.25, 0.3) is 0 Å². The molecular weight excluding hydrogens is 254 g/mol. The van der Waals surface area contributed by atoms with Gasteiger partial charge in [0.2, 0.25) is 5.91 Å². The van der Waals surface area contributed by atoms with E-state index in [4.69, 9.17) is 5.11 Å². The van der Waals surface area contributed by atoms with Crippen molar-refractivity contribution in [2.75, 3.05) is 6.54 Å². The SMILES string of the molecule is O=C(O)c1ccc(CCNC(=O)C2CC2C2CC2)cc1. The molecule has 0 aliphatic heterocycles. The molecule has 2 fully saturated rings. The van der Waals surface area contributed by atoms with Crippen molar-refractivity contribution in [3.05, 3.63) is 35.4 Å².